The summed E-state index contributed by atoms with van der Waals surface area (Å²) in [6.45, 7) is 5.34. The monoisotopic (exact) mass is 399 g/mol. The van der Waals surface area contributed by atoms with Gasteiger partial charge in [0.2, 0.25) is 12.2 Å². The second-order valence-corrected chi connectivity index (χ2v) is 7.34. The molecule has 0 unspecified atom stereocenters. The number of fused-ring (bicyclic) bond motifs is 1. The molecule has 1 aliphatic rings. The zero-order valence-electron chi connectivity index (χ0n) is 16.7. The molecule has 154 valence electrons. The Morgan fingerprint density at radius 1 is 1.17 bits per heavy atom. The molecule has 1 aliphatic heterocycles. The summed E-state index contributed by atoms with van der Waals surface area (Å²) in [7, 11) is 0. The summed E-state index contributed by atoms with van der Waals surface area (Å²) in [4.78, 5) is 41.1. The normalized spacial score (nSPS) is 19.7. The average molecular weight is 399 g/mol. The lowest BCUT2D eigenvalue weighted by atomic mass is 10.0. The van der Waals surface area contributed by atoms with E-state index in [1.807, 2.05) is 44.2 Å². The molecule has 0 bridgehead atoms. The fraction of sp³-hybridized carbons (Fsp3) is 0.429. The maximum atomic E-state index is 12.8. The molecule has 3 rings (SSSR count). The quantitative estimate of drug-likeness (QED) is 0.717. The highest BCUT2D eigenvalue weighted by Crippen LogP contribution is 2.16. The molecule has 0 aliphatic carbocycles. The Labute approximate surface area is 169 Å². The number of esters is 1. The lowest BCUT2D eigenvalue weighted by Gasteiger charge is -2.25. The van der Waals surface area contributed by atoms with Gasteiger partial charge in [-0.2, -0.15) is 0 Å². The molecule has 1 aromatic heterocycles. The third kappa shape index (κ3) is 5.08. The standard InChI is InChI=1S/C21H25N3O5/c1-12(2)18(20(27)23-17-10-11-28-21(17)29-13(3)25)24-19(26)16-9-8-14-6-4-5-7-15(14)22-16/h4-9,12,17-18,21H,10-11H2,1-3H3,(H,23,27)(H,24,26)/t17-,18-,21-/m0/s1. The van der Waals surface area contributed by atoms with Crippen LogP contribution in [0.25, 0.3) is 10.9 Å². The number of hydrogen-bond donors (Lipinski definition) is 2. The summed E-state index contributed by atoms with van der Waals surface area (Å²) < 4.78 is 10.4. The Morgan fingerprint density at radius 2 is 1.93 bits per heavy atom. The Balaban J connectivity index is 1.69. The van der Waals surface area contributed by atoms with Crippen molar-refractivity contribution in [3.63, 3.8) is 0 Å². The number of ether oxygens (including phenoxy) is 2. The maximum Gasteiger partial charge on any atom is 0.305 e. The number of carbonyl (C=O) groups is 3. The number of rotatable bonds is 6. The summed E-state index contributed by atoms with van der Waals surface area (Å²) in [6.07, 6.45) is -0.295. The van der Waals surface area contributed by atoms with Gasteiger partial charge in [-0.25, -0.2) is 4.98 Å². The van der Waals surface area contributed by atoms with E-state index in [1.54, 1.807) is 6.07 Å². The van der Waals surface area contributed by atoms with Crippen LogP contribution in [0, 0.1) is 5.92 Å². The lowest BCUT2D eigenvalue weighted by Crippen LogP contribution is -2.54. The van der Waals surface area contributed by atoms with E-state index in [0.29, 0.717) is 18.5 Å². The summed E-state index contributed by atoms with van der Waals surface area (Å²) in [6, 6.07) is 9.72. The number of amides is 2. The van der Waals surface area contributed by atoms with Gasteiger partial charge in [-0.05, 0) is 24.5 Å². The molecule has 2 amide bonds. The van der Waals surface area contributed by atoms with E-state index in [9.17, 15) is 14.4 Å². The van der Waals surface area contributed by atoms with E-state index in [1.165, 1.54) is 6.92 Å². The predicted molar refractivity (Wildman–Crippen MR) is 106 cm³/mol. The molecular formula is C21H25N3O5. The molecule has 2 N–H and O–H groups in total. The van der Waals surface area contributed by atoms with E-state index in [4.69, 9.17) is 9.47 Å². The Bertz CT molecular complexity index is 914. The fourth-order valence-electron chi connectivity index (χ4n) is 3.20. The van der Waals surface area contributed by atoms with Gasteiger partial charge in [0, 0.05) is 12.3 Å². The lowest BCUT2D eigenvalue weighted by molar-refractivity contribution is -0.171. The van der Waals surface area contributed by atoms with Crippen molar-refractivity contribution in [2.24, 2.45) is 5.92 Å². The van der Waals surface area contributed by atoms with Crippen LogP contribution < -0.4 is 10.6 Å². The molecule has 3 atom stereocenters. The van der Waals surface area contributed by atoms with Crippen molar-refractivity contribution in [3.8, 4) is 0 Å². The number of nitrogens with zero attached hydrogens (tertiary/aromatic N) is 1. The minimum atomic E-state index is -0.817. The van der Waals surface area contributed by atoms with Crippen molar-refractivity contribution in [3.05, 3.63) is 42.1 Å². The van der Waals surface area contributed by atoms with Crippen LogP contribution in [0.3, 0.4) is 0 Å². The second kappa shape index (κ2) is 9.00. The molecule has 2 aromatic rings. The van der Waals surface area contributed by atoms with Gasteiger partial charge in [0.25, 0.3) is 5.91 Å². The molecule has 1 aromatic carbocycles. The van der Waals surface area contributed by atoms with Crippen LogP contribution in [-0.2, 0) is 19.1 Å². The van der Waals surface area contributed by atoms with Crippen LogP contribution in [0.4, 0.5) is 0 Å². The van der Waals surface area contributed by atoms with Crippen LogP contribution >= 0.6 is 0 Å². The Morgan fingerprint density at radius 3 is 2.66 bits per heavy atom. The van der Waals surface area contributed by atoms with E-state index in [2.05, 4.69) is 15.6 Å². The topological polar surface area (TPSA) is 107 Å². The number of benzene rings is 1. The average Bonchev–Trinajstić information content (AvgIpc) is 3.10. The molecule has 1 fully saturated rings. The summed E-state index contributed by atoms with van der Waals surface area (Å²) in [5.74, 6) is -1.42. The Hall–Kier alpha value is -3.00. The van der Waals surface area contributed by atoms with E-state index in [-0.39, 0.29) is 17.5 Å². The smallest absolute Gasteiger partial charge is 0.305 e. The number of carbonyl (C=O) groups excluding carboxylic acids is 3. The Kier molecular flexibility index (Phi) is 6.43. The van der Waals surface area contributed by atoms with Crippen LogP contribution in [0.15, 0.2) is 36.4 Å². The summed E-state index contributed by atoms with van der Waals surface area (Å²) in [5.41, 5.74) is 0.946. The molecule has 0 radical (unpaired) electrons. The van der Waals surface area contributed by atoms with E-state index >= 15 is 0 Å². The van der Waals surface area contributed by atoms with Crippen LogP contribution in [0.2, 0.25) is 0 Å². The predicted octanol–water partition coefficient (Wildman–Crippen LogP) is 1.78. The number of aromatic nitrogens is 1. The summed E-state index contributed by atoms with van der Waals surface area (Å²) >= 11 is 0. The highest BCUT2D eigenvalue weighted by molar-refractivity contribution is 5.98. The molecule has 29 heavy (non-hydrogen) atoms. The second-order valence-electron chi connectivity index (χ2n) is 7.34. The molecule has 0 saturated carbocycles. The van der Waals surface area contributed by atoms with Crippen molar-refractivity contribution < 1.29 is 23.9 Å². The molecule has 2 heterocycles. The van der Waals surface area contributed by atoms with Gasteiger partial charge in [0.15, 0.2) is 0 Å². The van der Waals surface area contributed by atoms with Gasteiger partial charge in [0.05, 0.1) is 18.2 Å². The third-order valence-corrected chi connectivity index (χ3v) is 4.72. The third-order valence-electron chi connectivity index (χ3n) is 4.72. The fourth-order valence-corrected chi connectivity index (χ4v) is 3.20. The first kappa shape index (κ1) is 20.7. The van der Waals surface area contributed by atoms with Crippen molar-refractivity contribution in [2.75, 3.05) is 6.61 Å². The van der Waals surface area contributed by atoms with Crippen molar-refractivity contribution in [2.45, 2.75) is 45.6 Å². The van der Waals surface area contributed by atoms with Crippen molar-refractivity contribution in [1.29, 1.82) is 0 Å². The number of pyridine rings is 1. The first-order chi connectivity index (χ1) is 13.8. The number of para-hydroxylation sites is 1. The molecule has 8 nitrogen and oxygen atoms in total. The SMILES string of the molecule is CC(=O)O[C@@H]1OCC[C@@H]1NC(=O)[C@@H](NC(=O)c1ccc2ccccc2n1)C(C)C. The van der Waals surface area contributed by atoms with Crippen molar-refractivity contribution in [1.82, 2.24) is 15.6 Å². The van der Waals surface area contributed by atoms with Crippen LogP contribution in [0.5, 0.6) is 0 Å². The largest absolute Gasteiger partial charge is 0.434 e. The highest BCUT2D eigenvalue weighted by atomic mass is 16.7. The minimum absolute atomic E-state index is 0.158. The van der Waals surface area contributed by atoms with Gasteiger partial charge in [0.1, 0.15) is 11.7 Å². The van der Waals surface area contributed by atoms with Gasteiger partial charge >= 0.3 is 5.97 Å². The minimum Gasteiger partial charge on any atom is -0.434 e. The molecule has 1 saturated heterocycles. The highest BCUT2D eigenvalue weighted by Gasteiger charge is 2.35. The van der Waals surface area contributed by atoms with Gasteiger partial charge in [-0.15, -0.1) is 0 Å². The molecular weight excluding hydrogens is 374 g/mol. The van der Waals surface area contributed by atoms with Gasteiger partial charge < -0.3 is 20.1 Å². The van der Waals surface area contributed by atoms with Gasteiger partial charge in [-0.3, -0.25) is 14.4 Å². The number of hydrogen-bond acceptors (Lipinski definition) is 6. The zero-order chi connectivity index (χ0) is 21.0. The first-order valence-electron chi connectivity index (χ1n) is 9.61. The van der Waals surface area contributed by atoms with Crippen molar-refractivity contribution >= 4 is 28.7 Å². The number of nitrogens with one attached hydrogen (secondary N) is 2. The van der Waals surface area contributed by atoms with Crippen LogP contribution in [-0.4, -0.2) is 47.7 Å². The van der Waals surface area contributed by atoms with Crippen LogP contribution in [0.1, 0.15) is 37.7 Å². The first-order valence-corrected chi connectivity index (χ1v) is 9.61. The molecule has 8 heteroatoms. The zero-order valence-corrected chi connectivity index (χ0v) is 16.7. The maximum absolute atomic E-state index is 12.8. The van der Waals surface area contributed by atoms with Gasteiger partial charge in [-0.1, -0.05) is 38.1 Å². The summed E-state index contributed by atoms with van der Waals surface area (Å²) in [5, 5.41) is 6.52. The van der Waals surface area contributed by atoms with E-state index < -0.39 is 30.3 Å². The van der Waals surface area contributed by atoms with E-state index in [0.717, 1.165) is 5.39 Å². The molecule has 0 spiro atoms.